The Balaban J connectivity index is 1.71. The first kappa shape index (κ1) is 19.2. The first-order valence-electron chi connectivity index (χ1n) is 8.23. The molecule has 7 heteroatoms. The number of hydrogen-bond acceptors (Lipinski definition) is 4. The van der Waals surface area contributed by atoms with E-state index in [1.807, 2.05) is 18.2 Å². The molecule has 0 radical (unpaired) electrons. The lowest BCUT2D eigenvalue weighted by Gasteiger charge is -2.18. The summed E-state index contributed by atoms with van der Waals surface area (Å²) in [5.74, 6) is 0.398. The summed E-state index contributed by atoms with van der Waals surface area (Å²) >= 11 is 0. The van der Waals surface area contributed by atoms with Gasteiger partial charge in [-0.15, -0.1) is 0 Å². The molecular weight excluding hydrogens is 340 g/mol. The van der Waals surface area contributed by atoms with E-state index in [4.69, 9.17) is 4.42 Å². The van der Waals surface area contributed by atoms with Crippen molar-refractivity contribution in [1.82, 2.24) is 9.62 Å². The Morgan fingerprint density at radius 3 is 2.56 bits per heavy atom. The summed E-state index contributed by atoms with van der Waals surface area (Å²) in [5, 5.41) is 2.83. The fourth-order valence-corrected chi connectivity index (χ4v) is 3.20. The quantitative estimate of drug-likeness (QED) is 0.655. The molecule has 0 aliphatic heterocycles. The third kappa shape index (κ3) is 7.11. The Hall–Kier alpha value is -2.12. The first-order chi connectivity index (χ1) is 11.9. The number of sulfonamides is 1. The second-order valence-electron chi connectivity index (χ2n) is 5.87. The Bertz CT molecular complexity index is 743. The smallest absolute Gasteiger partial charge is 0.221 e. The number of nitrogens with one attached hydrogen (secondary N) is 1. The molecule has 1 N–H and O–H groups in total. The molecule has 2 rings (SSSR count). The van der Waals surface area contributed by atoms with Crippen LogP contribution >= 0.6 is 0 Å². The molecule has 6 nitrogen and oxygen atoms in total. The maximum absolute atomic E-state index is 11.9. The third-order valence-corrected chi connectivity index (χ3v) is 5.03. The van der Waals surface area contributed by atoms with Crippen LogP contribution < -0.4 is 5.32 Å². The summed E-state index contributed by atoms with van der Waals surface area (Å²) in [6, 6.07) is 13.5. The zero-order valence-electron chi connectivity index (χ0n) is 14.3. The molecule has 1 amide bonds. The van der Waals surface area contributed by atoms with Crippen molar-refractivity contribution in [3.63, 3.8) is 0 Å². The van der Waals surface area contributed by atoms with Gasteiger partial charge in [0.25, 0.3) is 0 Å². The van der Waals surface area contributed by atoms with E-state index in [1.54, 1.807) is 12.1 Å². The summed E-state index contributed by atoms with van der Waals surface area (Å²) in [6.45, 7) is 0.835. The van der Waals surface area contributed by atoms with Crippen molar-refractivity contribution in [2.75, 3.05) is 19.3 Å². The van der Waals surface area contributed by atoms with Gasteiger partial charge in [0.2, 0.25) is 15.9 Å². The highest BCUT2D eigenvalue weighted by atomic mass is 32.2. The number of hydrogen-bond donors (Lipinski definition) is 1. The molecule has 0 atom stereocenters. The molecule has 136 valence electrons. The molecule has 0 saturated heterocycles. The van der Waals surface area contributed by atoms with E-state index in [0.717, 1.165) is 19.1 Å². The average Bonchev–Trinajstić information content (AvgIpc) is 3.08. The Morgan fingerprint density at radius 1 is 1.16 bits per heavy atom. The van der Waals surface area contributed by atoms with Crippen molar-refractivity contribution in [3.05, 3.63) is 60.1 Å². The number of benzene rings is 1. The van der Waals surface area contributed by atoms with E-state index in [0.29, 0.717) is 12.3 Å². The molecule has 0 bridgehead atoms. The molecular formula is C18H24N2O4S. The monoisotopic (exact) mass is 364 g/mol. The van der Waals surface area contributed by atoms with Crippen molar-refractivity contribution < 1.29 is 17.6 Å². The number of carbonyl (C=O) groups excluding carboxylic acids is 1. The van der Waals surface area contributed by atoms with Crippen LogP contribution in [0.15, 0.2) is 53.1 Å². The Morgan fingerprint density at radius 2 is 1.92 bits per heavy atom. The van der Waals surface area contributed by atoms with Crippen LogP contribution in [0.4, 0.5) is 0 Å². The molecule has 2 aromatic rings. The molecule has 1 aromatic heterocycles. The zero-order valence-corrected chi connectivity index (χ0v) is 15.2. The van der Waals surface area contributed by atoms with Crippen molar-refractivity contribution in [3.8, 4) is 0 Å². The highest BCUT2D eigenvalue weighted by molar-refractivity contribution is 7.88. The number of nitrogens with zero attached hydrogens (tertiary/aromatic N) is 1. The van der Waals surface area contributed by atoms with Crippen LogP contribution in [0.25, 0.3) is 0 Å². The lowest BCUT2D eigenvalue weighted by Crippen LogP contribution is -2.34. The van der Waals surface area contributed by atoms with Gasteiger partial charge in [-0.05, 0) is 30.5 Å². The fourth-order valence-electron chi connectivity index (χ4n) is 2.42. The molecule has 0 aliphatic carbocycles. The normalized spacial score (nSPS) is 11.6. The molecule has 1 aromatic carbocycles. The lowest BCUT2D eigenvalue weighted by molar-refractivity contribution is -0.121. The molecule has 25 heavy (non-hydrogen) atoms. The number of rotatable bonds is 10. The second-order valence-corrected chi connectivity index (χ2v) is 7.85. The molecule has 0 fully saturated rings. The van der Waals surface area contributed by atoms with Gasteiger partial charge in [-0.1, -0.05) is 30.3 Å². The van der Waals surface area contributed by atoms with E-state index < -0.39 is 10.0 Å². The molecule has 0 saturated carbocycles. The van der Waals surface area contributed by atoms with Crippen LogP contribution in [-0.4, -0.2) is 38.0 Å². The molecule has 0 aliphatic rings. The average molecular weight is 364 g/mol. The van der Waals surface area contributed by atoms with Gasteiger partial charge in [0, 0.05) is 19.5 Å². The van der Waals surface area contributed by atoms with Crippen LogP contribution in [0.1, 0.15) is 24.2 Å². The summed E-state index contributed by atoms with van der Waals surface area (Å²) in [6.07, 6.45) is 4.50. The lowest BCUT2D eigenvalue weighted by atomic mass is 10.1. The number of carbonyl (C=O) groups is 1. The van der Waals surface area contributed by atoms with E-state index in [2.05, 4.69) is 17.4 Å². The molecule has 0 unspecified atom stereocenters. The highest BCUT2D eigenvalue weighted by Crippen LogP contribution is 2.09. The fraction of sp³-hybridized carbons (Fsp3) is 0.389. The molecule has 0 spiro atoms. The Kier molecular flexibility index (Phi) is 7.21. The largest absolute Gasteiger partial charge is 0.468 e. The SMILES string of the molecule is CS(=O)(=O)N(CCC(=O)NCCCc1ccccc1)Cc1ccco1. The maximum atomic E-state index is 11.9. The second kappa shape index (κ2) is 9.39. The zero-order chi connectivity index (χ0) is 18.1. The van der Waals surface area contributed by atoms with E-state index >= 15 is 0 Å². The van der Waals surface area contributed by atoms with E-state index in [9.17, 15) is 13.2 Å². The summed E-state index contributed by atoms with van der Waals surface area (Å²) < 4.78 is 30.1. The third-order valence-electron chi connectivity index (χ3n) is 3.78. The highest BCUT2D eigenvalue weighted by Gasteiger charge is 2.19. The van der Waals surface area contributed by atoms with Gasteiger partial charge in [0.1, 0.15) is 5.76 Å². The van der Waals surface area contributed by atoms with Gasteiger partial charge in [-0.3, -0.25) is 4.79 Å². The minimum Gasteiger partial charge on any atom is -0.468 e. The van der Waals surface area contributed by atoms with Crippen LogP contribution in [0.2, 0.25) is 0 Å². The van der Waals surface area contributed by atoms with Crippen molar-refractivity contribution in [2.45, 2.75) is 25.8 Å². The minimum absolute atomic E-state index is 0.124. The first-order valence-corrected chi connectivity index (χ1v) is 10.1. The van der Waals surface area contributed by atoms with Gasteiger partial charge < -0.3 is 9.73 Å². The predicted molar refractivity (Wildman–Crippen MR) is 96.4 cm³/mol. The number of aryl methyl sites for hydroxylation is 1. The van der Waals surface area contributed by atoms with E-state index in [1.165, 1.54) is 16.1 Å². The van der Waals surface area contributed by atoms with Gasteiger partial charge in [0.05, 0.1) is 19.1 Å². The van der Waals surface area contributed by atoms with Crippen LogP contribution in [0, 0.1) is 0 Å². The Labute approximate surface area is 148 Å². The minimum atomic E-state index is -3.40. The summed E-state index contributed by atoms with van der Waals surface area (Å²) in [4.78, 5) is 11.9. The number of furan rings is 1. The topological polar surface area (TPSA) is 79.6 Å². The standard InChI is InChI=1S/C18H24N2O4S/c1-25(22,23)20(15-17-10-6-14-24-17)13-11-18(21)19-12-5-9-16-7-3-2-4-8-16/h2-4,6-8,10,14H,5,9,11-13,15H2,1H3,(H,19,21). The maximum Gasteiger partial charge on any atom is 0.221 e. The molecule has 1 heterocycles. The summed E-state index contributed by atoms with van der Waals surface area (Å²) in [7, 11) is -3.40. The van der Waals surface area contributed by atoms with E-state index in [-0.39, 0.29) is 25.4 Å². The van der Waals surface area contributed by atoms with Gasteiger partial charge in [-0.25, -0.2) is 8.42 Å². The van der Waals surface area contributed by atoms with Crippen molar-refractivity contribution in [2.24, 2.45) is 0 Å². The van der Waals surface area contributed by atoms with Crippen LogP contribution in [-0.2, 0) is 27.8 Å². The van der Waals surface area contributed by atoms with Crippen molar-refractivity contribution >= 4 is 15.9 Å². The van der Waals surface area contributed by atoms with Crippen molar-refractivity contribution in [1.29, 1.82) is 0 Å². The van der Waals surface area contributed by atoms with Gasteiger partial charge >= 0.3 is 0 Å². The summed E-state index contributed by atoms with van der Waals surface area (Å²) in [5.41, 5.74) is 1.23. The van der Waals surface area contributed by atoms with Crippen LogP contribution in [0.3, 0.4) is 0 Å². The predicted octanol–water partition coefficient (Wildman–Crippen LogP) is 2.18. The number of amides is 1. The van der Waals surface area contributed by atoms with Gasteiger partial charge in [0.15, 0.2) is 0 Å². The van der Waals surface area contributed by atoms with Crippen LogP contribution in [0.5, 0.6) is 0 Å². The van der Waals surface area contributed by atoms with Gasteiger partial charge in [-0.2, -0.15) is 4.31 Å².